The molecule has 3 aliphatic heterocycles. The Morgan fingerprint density at radius 1 is 0.514 bits per heavy atom. The van der Waals surface area contributed by atoms with Gasteiger partial charge in [0.15, 0.2) is 17.4 Å². The molecule has 20 heteroatoms. The van der Waals surface area contributed by atoms with E-state index in [2.05, 4.69) is 62.8 Å². The number of benzene rings is 6. The van der Waals surface area contributed by atoms with E-state index in [4.69, 9.17) is 34.5 Å². The third-order valence-corrected chi connectivity index (χ3v) is 19.2. The molecule has 0 spiro atoms. The van der Waals surface area contributed by atoms with Crippen LogP contribution in [0.25, 0.3) is 44.8 Å². The summed E-state index contributed by atoms with van der Waals surface area (Å²) < 4.78 is 115. The second kappa shape index (κ2) is 39.9. The van der Waals surface area contributed by atoms with Crippen molar-refractivity contribution < 1.29 is 79.4 Å². The van der Waals surface area contributed by atoms with Gasteiger partial charge in [-0.15, -0.1) is 0 Å². The molecular formula is C89H111F6N3O11. The first-order chi connectivity index (χ1) is 51.4. The van der Waals surface area contributed by atoms with Gasteiger partial charge in [-0.3, -0.25) is 19.2 Å². The summed E-state index contributed by atoms with van der Waals surface area (Å²) in [4.78, 5) is 46.6. The maximum absolute atomic E-state index is 13.8. The summed E-state index contributed by atoms with van der Waals surface area (Å²) in [5, 5.41) is 18.2. The Hall–Kier alpha value is -8.50. The van der Waals surface area contributed by atoms with Crippen molar-refractivity contribution in [2.75, 3.05) is 6.54 Å². The minimum atomic E-state index is -0.757. The fraction of sp³-hybridized carbons (Fsp3) is 0.461. The van der Waals surface area contributed by atoms with Crippen molar-refractivity contribution in [2.45, 2.75) is 247 Å². The number of nitrogens with two attached hydrogens (primary N) is 1. The van der Waals surface area contributed by atoms with Crippen LogP contribution >= 0.6 is 0 Å². The first-order valence-electron chi connectivity index (χ1n) is 38.0. The van der Waals surface area contributed by atoms with Gasteiger partial charge >= 0.3 is 11.9 Å². The molecule has 0 saturated carbocycles. The zero-order valence-corrected chi connectivity index (χ0v) is 65.8. The first-order valence-corrected chi connectivity index (χ1v) is 38.0. The number of halogens is 6. The van der Waals surface area contributed by atoms with Gasteiger partial charge in [-0.25, -0.2) is 26.3 Å². The Bertz CT molecular complexity index is 4200. The Morgan fingerprint density at radius 2 is 0.853 bits per heavy atom. The van der Waals surface area contributed by atoms with Crippen molar-refractivity contribution in [3.05, 3.63) is 215 Å². The van der Waals surface area contributed by atoms with Crippen molar-refractivity contribution in [3.63, 3.8) is 0 Å². The predicted octanol–water partition coefficient (Wildman–Crippen LogP) is 20.9. The normalized spacial score (nSPS) is 19.0. The van der Waals surface area contributed by atoms with Crippen molar-refractivity contribution >= 4 is 23.5 Å². The minimum Gasteiger partial charge on any atom is -0.481 e. The van der Waals surface area contributed by atoms with E-state index in [0.29, 0.717) is 43.2 Å². The lowest BCUT2D eigenvalue weighted by atomic mass is 9.85. The number of aliphatic hydroxyl groups excluding tert-OH is 1. The quantitative estimate of drug-likeness (QED) is 0.0331. The Labute approximate surface area is 639 Å². The van der Waals surface area contributed by atoms with Gasteiger partial charge < -0.3 is 48.8 Å². The molecule has 4 N–H and O–H groups in total. The number of carboxylic acid groups (broad SMARTS) is 1. The minimum absolute atomic E-state index is 0.0345. The predicted molar refractivity (Wildman–Crippen MR) is 416 cm³/mol. The molecule has 0 aliphatic carbocycles. The summed E-state index contributed by atoms with van der Waals surface area (Å²) in [6.07, 6.45) is 6.53. The number of ether oxygens (including phenoxy) is 5. The largest absolute Gasteiger partial charge is 0.481 e. The molecule has 0 bridgehead atoms. The number of esters is 1. The lowest BCUT2D eigenvalue weighted by Crippen LogP contribution is -2.44. The van der Waals surface area contributed by atoms with Crippen molar-refractivity contribution in [1.29, 1.82) is 0 Å². The molecule has 0 radical (unpaired) electrons. The topological polar surface area (TPSA) is 191 Å². The lowest BCUT2D eigenvalue weighted by molar-refractivity contribution is -0.301. The van der Waals surface area contributed by atoms with Crippen LogP contribution in [-0.2, 0) is 51.2 Å². The van der Waals surface area contributed by atoms with E-state index in [9.17, 15) is 50.6 Å². The number of hydrogen-bond acceptors (Lipinski definition) is 11. The molecular weight excluding hydrogens is 1400 g/mol. The molecule has 2 unspecified atom stereocenters. The average molecular weight is 1510 g/mol. The number of rotatable bonds is 22. The van der Waals surface area contributed by atoms with Gasteiger partial charge in [0.1, 0.15) is 46.8 Å². The lowest BCUT2D eigenvalue weighted by Gasteiger charge is -2.41. The molecule has 590 valence electrons. The summed E-state index contributed by atoms with van der Waals surface area (Å²) in [6.45, 7) is 31.3. The average Bonchev–Trinajstić information content (AvgIpc) is 1.64. The summed E-state index contributed by atoms with van der Waals surface area (Å²) in [7, 11) is 0. The number of cyclic esters (lactones) is 1. The Morgan fingerprint density at radius 3 is 1.19 bits per heavy atom. The van der Waals surface area contributed by atoms with E-state index in [1.165, 1.54) is 103 Å². The molecule has 3 aliphatic rings. The molecule has 2 aromatic heterocycles. The highest BCUT2D eigenvalue weighted by Crippen LogP contribution is 2.42. The molecule has 0 amide bonds. The van der Waals surface area contributed by atoms with Crippen LogP contribution in [0.1, 0.15) is 213 Å². The second-order valence-electron chi connectivity index (χ2n) is 31.1. The third-order valence-electron chi connectivity index (χ3n) is 19.2. The van der Waals surface area contributed by atoms with Crippen LogP contribution in [0.5, 0.6) is 0 Å². The molecule has 7 atom stereocenters. The van der Waals surface area contributed by atoms with Crippen LogP contribution in [0, 0.1) is 46.2 Å². The molecule has 5 heterocycles. The number of aromatic nitrogens is 2. The van der Waals surface area contributed by atoms with Gasteiger partial charge in [0, 0.05) is 79.2 Å². The molecule has 3 fully saturated rings. The maximum Gasteiger partial charge on any atom is 0.308 e. The summed E-state index contributed by atoms with van der Waals surface area (Å²) >= 11 is 0. The Balaban J connectivity index is 0.000000204. The number of aliphatic carboxylic acids is 1. The molecule has 14 nitrogen and oxygen atoms in total. The molecule has 3 saturated heterocycles. The number of hydrogen-bond donors (Lipinski definition) is 3. The first kappa shape index (κ1) is 87.7. The van der Waals surface area contributed by atoms with Crippen LogP contribution in [0.4, 0.5) is 26.3 Å². The summed E-state index contributed by atoms with van der Waals surface area (Å²) in [5.74, 6) is -4.89. The number of carbonyl (C=O) groups is 4. The SMILES string of the molecule is CC(C)(C)C(=O)O.CC(C)C(=O)CC(C(=O)c1ccc(F)cc1)c1ccc(F)cc1.CC(C)c1cc(-c2ccc(F)cc2)c(-c2ccc(F)cc2)n1CCC1C[C@@H](O)CC(=O)O1.CC[C@H]1C[C@@H](CCN)OC(C)(C)O1.CC[C@H]1C[C@@H](CCn2c(C(C)C)cc(-c3ccc(F)cc3)c2-c2ccc(F)cc2)OC(C)(C)O1. The van der Waals surface area contributed by atoms with E-state index in [-0.39, 0.29) is 95.8 Å². The van der Waals surface area contributed by atoms with E-state index >= 15 is 0 Å². The molecule has 109 heavy (non-hydrogen) atoms. The number of aliphatic hydroxyl groups is 1. The van der Waals surface area contributed by atoms with E-state index in [1.807, 2.05) is 52.0 Å². The van der Waals surface area contributed by atoms with Gasteiger partial charge in [-0.1, -0.05) is 91.8 Å². The van der Waals surface area contributed by atoms with E-state index < -0.39 is 46.6 Å². The zero-order valence-electron chi connectivity index (χ0n) is 65.8. The van der Waals surface area contributed by atoms with Crippen molar-refractivity contribution in [2.24, 2.45) is 17.1 Å². The van der Waals surface area contributed by atoms with Crippen LogP contribution in [0.3, 0.4) is 0 Å². The molecule has 6 aromatic carbocycles. The smallest absolute Gasteiger partial charge is 0.308 e. The van der Waals surface area contributed by atoms with Crippen LogP contribution in [0.15, 0.2) is 158 Å². The van der Waals surface area contributed by atoms with Crippen molar-refractivity contribution in [3.8, 4) is 44.8 Å². The van der Waals surface area contributed by atoms with Gasteiger partial charge in [0.2, 0.25) is 0 Å². The number of ketones is 2. The van der Waals surface area contributed by atoms with Gasteiger partial charge in [-0.2, -0.15) is 0 Å². The third kappa shape index (κ3) is 26.1. The van der Waals surface area contributed by atoms with Gasteiger partial charge in [0.05, 0.1) is 59.7 Å². The fourth-order valence-corrected chi connectivity index (χ4v) is 13.5. The second-order valence-corrected chi connectivity index (χ2v) is 31.1. The van der Waals surface area contributed by atoms with Crippen molar-refractivity contribution in [1.82, 2.24) is 9.13 Å². The van der Waals surface area contributed by atoms with Crippen LogP contribution in [-0.4, -0.2) is 97.6 Å². The zero-order chi connectivity index (χ0) is 80.2. The highest BCUT2D eigenvalue weighted by Gasteiger charge is 2.37. The number of nitrogens with zero attached hydrogens (tertiary/aromatic N) is 2. The van der Waals surface area contributed by atoms with E-state index in [0.717, 1.165) is 95.5 Å². The number of carboxylic acids is 1. The summed E-state index contributed by atoms with van der Waals surface area (Å²) in [5.41, 5.74) is 15.6. The van der Waals surface area contributed by atoms with Gasteiger partial charge in [0.25, 0.3) is 0 Å². The molecule has 8 aromatic rings. The maximum atomic E-state index is 13.8. The standard InChI is InChI=1S/C29H35F2NO2.C26H27F2NO3.C19H18F2O2.C10H21NO2.C5H10O2/c1-6-24-17-25(34-29(4,5)33-24)15-16-32-27(19(2)3)18-26(20-7-11-22(30)12-8-20)28(32)21-9-13-23(31)14-10-21;1-16(2)24-15-23(17-3-7-19(27)8-4-17)26(18-5-9-20(28)10-6-18)29(24)12-11-22-13-21(30)14-25(31)32-22;1-12(2)18(22)11-17(13-3-7-15(20)8-4-13)19(23)14-5-9-16(21)10-6-14;1-4-8-7-9(5-6-11)13-10(2,3)12-8;1-5(2,3)4(6)7/h7-14,18-19,24-25H,6,15-17H2,1-5H3;3-10,15-16,21-22,30H,11-14H2,1-2H3;3-10,12,17H,11H2,1-2H3;8-9H,4-7,11H2,1-3H3;1-3H3,(H,6,7)/t24-,25+;21-,22?;;8-,9+;/m01.0./s1. The van der Waals surface area contributed by atoms with Crippen LogP contribution < -0.4 is 5.73 Å². The monoisotopic (exact) mass is 1510 g/mol. The molecule has 11 rings (SSSR count). The number of carbonyl (C=O) groups excluding carboxylic acids is 3. The fourth-order valence-electron chi connectivity index (χ4n) is 13.5. The summed E-state index contributed by atoms with van der Waals surface area (Å²) in [6, 6.07) is 40.9. The van der Waals surface area contributed by atoms with E-state index in [1.54, 1.807) is 58.9 Å². The highest BCUT2D eigenvalue weighted by molar-refractivity contribution is 6.03. The van der Waals surface area contributed by atoms with Gasteiger partial charge in [-0.05, 0) is 242 Å². The Kier molecular flexibility index (Phi) is 32.1. The highest BCUT2D eigenvalue weighted by atomic mass is 19.1. The number of Topliss-reactive ketones (excluding diaryl/α,β-unsaturated/α-hetero) is 2. The van der Waals surface area contributed by atoms with Crippen LogP contribution in [0.2, 0.25) is 0 Å².